The number of nitrogen functional groups attached to an aromatic ring is 1. The van der Waals surface area contributed by atoms with Crippen molar-refractivity contribution in [3.8, 4) is 0 Å². The fourth-order valence-corrected chi connectivity index (χ4v) is 3.21. The second-order valence-corrected chi connectivity index (χ2v) is 6.04. The normalized spacial score (nSPS) is 27.6. The van der Waals surface area contributed by atoms with Crippen molar-refractivity contribution in [3.63, 3.8) is 0 Å². The third-order valence-electron chi connectivity index (χ3n) is 4.38. The predicted molar refractivity (Wildman–Crippen MR) is 80.1 cm³/mol. The molecule has 1 aliphatic rings. The van der Waals surface area contributed by atoms with Crippen LogP contribution in [0.1, 0.15) is 33.1 Å². The highest BCUT2D eigenvalue weighted by Crippen LogP contribution is 2.33. The number of anilines is 2. The molecular weight excluding hydrogens is 236 g/mol. The predicted octanol–water partition coefficient (Wildman–Crippen LogP) is 3.38. The first-order valence-corrected chi connectivity index (χ1v) is 7.12. The van der Waals surface area contributed by atoms with Gasteiger partial charge in [-0.25, -0.2) is 0 Å². The number of nitrogens with two attached hydrogens (primary N) is 1. The number of rotatable bonds is 2. The first kappa shape index (κ1) is 12.3. The van der Waals surface area contributed by atoms with Crippen molar-refractivity contribution >= 4 is 22.3 Å². The SMILES string of the molecule is CC1CCC(Nc2cc3[nH]ncc3cc2N)C(C)C1. The summed E-state index contributed by atoms with van der Waals surface area (Å²) in [5.74, 6) is 1.54. The lowest BCUT2D eigenvalue weighted by atomic mass is 9.80. The molecule has 1 aromatic heterocycles. The fourth-order valence-electron chi connectivity index (χ4n) is 3.21. The molecule has 1 aliphatic carbocycles. The average molecular weight is 258 g/mol. The summed E-state index contributed by atoms with van der Waals surface area (Å²) in [6, 6.07) is 4.58. The number of hydrogen-bond acceptors (Lipinski definition) is 3. The molecule has 3 rings (SSSR count). The Morgan fingerprint density at radius 3 is 2.95 bits per heavy atom. The molecular formula is C15H22N4. The molecule has 1 heterocycles. The van der Waals surface area contributed by atoms with Crippen molar-refractivity contribution in [1.29, 1.82) is 0 Å². The van der Waals surface area contributed by atoms with Gasteiger partial charge in [0.2, 0.25) is 0 Å². The van der Waals surface area contributed by atoms with Gasteiger partial charge in [-0.15, -0.1) is 0 Å². The minimum absolute atomic E-state index is 0.527. The molecule has 2 aromatic rings. The number of H-pyrrole nitrogens is 1. The van der Waals surface area contributed by atoms with Crippen molar-refractivity contribution in [2.24, 2.45) is 11.8 Å². The molecule has 0 radical (unpaired) electrons. The summed E-state index contributed by atoms with van der Waals surface area (Å²) in [5, 5.41) is 11.7. The standard InChI is InChI=1S/C15H22N4/c1-9-3-4-13(10(2)5-9)18-15-7-14-11(6-12(15)16)8-17-19-14/h6-10,13,18H,3-5,16H2,1-2H3,(H,17,19). The van der Waals surface area contributed by atoms with Crippen LogP contribution in [0.2, 0.25) is 0 Å². The van der Waals surface area contributed by atoms with Crippen LogP contribution in [0, 0.1) is 11.8 Å². The Hall–Kier alpha value is -1.71. The lowest BCUT2D eigenvalue weighted by molar-refractivity contribution is 0.276. The van der Waals surface area contributed by atoms with E-state index < -0.39 is 0 Å². The van der Waals surface area contributed by atoms with Gasteiger partial charge in [0.25, 0.3) is 0 Å². The van der Waals surface area contributed by atoms with Gasteiger partial charge < -0.3 is 11.1 Å². The van der Waals surface area contributed by atoms with Crippen LogP contribution >= 0.6 is 0 Å². The Labute approximate surface area is 113 Å². The minimum atomic E-state index is 0.527. The van der Waals surface area contributed by atoms with Crippen molar-refractivity contribution in [2.45, 2.75) is 39.2 Å². The maximum atomic E-state index is 6.13. The first-order valence-electron chi connectivity index (χ1n) is 7.12. The Morgan fingerprint density at radius 2 is 2.16 bits per heavy atom. The Bertz CT molecular complexity index is 575. The van der Waals surface area contributed by atoms with Crippen LogP contribution < -0.4 is 11.1 Å². The molecule has 0 saturated heterocycles. The van der Waals surface area contributed by atoms with Crippen LogP contribution in [0.15, 0.2) is 18.3 Å². The van der Waals surface area contributed by atoms with Crippen LogP contribution in [0.5, 0.6) is 0 Å². The lowest BCUT2D eigenvalue weighted by Crippen LogP contribution is -2.33. The van der Waals surface area contributed by atoms with Crippen LogP contribution in [-0.4, -0.2) is 16.2 Å². The Balaban J connectivity index is 1.82. The maximum absolute atomic E-state index is 6.13. The van der Waals surface area contributed by atoms with Crippen LogP contribution in [0.4, 0.5) is 11.4 Å². The van der Waals surface area contributed by atoms with Crippen LogP contribution in [0.25, 0.3) is 10.9 Å². The molecule has 19 heavy (non-hydrogen) atoms. The van der Waals surface area contributed by atoms with E-state index in [1.165, 1.54) is 19.3 Å². The number of nitrogens with zero attached hydrogens (tertiary/aromatic N) is 1. The molecule has 0 aliphatic heterocycles. The second-order valence-electron chi connectivity index (χ2n) is 6.04. The van der Waals surface area contributed by atoms with E-state index in [-0.39, 0.29) is 0 Å². The zero-order valence-electron chi connectivity index (χ0n) is 11.6. The topological polar surface area (TPSA) is 66.7 Å². The van der Waals surface area contributed by atoms with Gasteiger partial charge in [-0.3, -0.25) is 5.10 Å². The summed E-state index contributed by atoms with van der Waals surface area (Å²) in [5.41, 5.74) is 9.00. The molecule has 4 nitrogen and oxygen atoms in total. The molecule has 0 bridgehead atoms. The van der Waals surface area contributed by atoms with E-state index in [0.717, 1.165) is 28.2 Å². The Morgan fingerprint density at radius 1 is 1.32 bits per heavy atom. The monoisotopic (exact) mass is 258 g/mol. The van der Waals surface area contributed by atoms with Gasteiger partial charge in [0.05, 0.1) is 23.1 Å². The van der Waals surface area contributed by atoms with E-state index in [2.05, 4.69) is 35.4 Å². The number of aromatic nitrogens is 2. The first-order chi connectivity index (χ1) is 9.13. The fraction of sp³-hybridized carbons (Fsp3) is 0.533. The number of aromatic amines is 1. The molecule has 0 spiro atoms. The van der Waals surface area contributed by atoms with Crippen molar-refractivity contribution in [2.75, 3.05) is 11.1 Å². The van der Waals surface area contributed by atoms with Crippen LogP contribution in [0.3, 0.4) is 0 Å². The Kier molecular flexibility index (Phi) is 3.09. The highest BCUT2D eigenvalue weighted by molar-refractivity contribution is 5.88. The van der Waals surface area contributed by atoms with Crippen molar-refractivity contribution in [1.82, 2.24) is 10.2 Å². The summed E-state index contributed by atoms with van der Waals surface area (Å²) in [6.07, 6.45) is 5.63. The maximum Gasteiger partial charge on any atom is 0.0672 e. The van der Waals surface area contributed by atoms with Gasteiger partial charge in [-0.2, -0.15) is 5.10 Å². The minimum Gasteiger partial charge on any atom is -0.397 e. The zero-order valence-corrected chi connectivity index (χ0v) is 11.6. The molecule has 4 N–H and O–H groups in total. The zero-order chi connectivity index (χ0) is 13.4. The number of fused-ring (bicyclic) bond motifs is 1. The largest absolute Gasteiger partial charge is 0.397 e. The number of nitrogens with one attached hydrogen (secondary N) is 2. The molecule has 102 valence electrons. The smallest absolute Gasteiger partial charge is 0.0672 e. The number of benzene rings is 1. The van der Waals surface area contributed by atoms with Crippen molar-refractivity contribution < 1.29 is 0 Å². The lowest BCUT2D eigenvalue weighted by Gasteiger charge is -2.34. The molecule has 4 heteroatoms. The van der Waals surface area contributed by atoms with Gasteiger partial charge in [-0.05, 0) is 43.2 Å². The summed E-state index contributed by atoms with van der Waals surface area (Å²) >= 11 is 0. The summed E-state index contributed by atoms with van der Waals surface area (Å²) < 4.78 is 0. The number of hydrogen-bond donors (Lipinski definition) is 3. The van der Waals surface area contributed by atoms with Gasteiger partial charge >= 0.3 is 0 Å². The average Bonchev–Trinajstić information content (AvgIpc) is 2.80. The van der Waals surface area contributed by atoms with Gasteiger partial charge in [0.1, 0.15) is 0 Å². The van der Waals surface area contributed by atoms with Crippen molar-refractivity contribution in [3.05, 3.63) is 18.3 Å². The van der Waals surface area contributed by atoms with E-state index >= 15 is 0 Å². The summed E-state index contributed by atoms with van der Waals surface area (Å²) in [4.78, 5) is 0. The molecule has 3 unspecified atom stereocenters. The van der Waals surface area contributed by atoms with E-state index in [1.54, 1.807) is 6.20 Å². The van der Waals surface area contributed by atoms with E-state index in [4.69, 9.17) is 5.73 Å². The highest BCUT2D eigenvalue weighted by atomic mass is 15.1. The molecule has 1 fully saturated rings. The molecule has 3 atom stereocenters. The van der Waals surface area contributed by atoms with Gasteiger partial charge in [0.15, 0.2) is 0 Å². The highest BCUT2D eigenvalue weighted by Gasteiger charge is 2.25. The third-order valence-corrected chi connectivity index (χ3v) is 4.38. The van der Waals surface area contributed by atoms with E-state index in [1.807, 2.05) is 6.07 Å². The van der Waals surface area contributed by atoms with Crippen LogP contribution in [-0.2, 0) is 0 Å². The second kappa shape index (κ2) is 4.76. The summed E-state index contributed by atoms with van der Waals surface area (Å²) in [7, 11) is 0. The quantitative estimate of drug-likeness (QED) is 0.723. The molecule has 1 aromatic carbocycles. The van der Waals surface area contributed by atoms with Gasteiger partial charge in [-0.1, -0.05) is 13.8 Å². The third kappa shape index (κ3) is 2.39. The van der Waals surface area contributed by atoms with E-state index in [9.17, 15) is 0 Å². The molecule has 0 amide bonds. The van der Waals surface area contributed by atoms with Gasteiger partial charge in [0, 0.05) is 11.4 Å². The van der Waals surface area contributed by atoms with E-state index in [0.29, 0.717) is 12.0 Å². The summed E-state index contributed by atoms with van der Waals surface area (Å²) in [6.45, 7) is 4.68. The molecule has 1 saturated carbocycles.